The number of hydrogen-bond donors (Lipinski definition) is 1. The van der Waals surface area contributed by atoms with Crippen molar-refractivity contribution in [2.24, 2.45) is 0 Å². The Balaban J connectivity index is 2.11. The van der Waals surface area contributed by atoms with Gasteiger partial charge >= 0.3 is 6.18 Å². The lowest BCUT2D eigenvalue weighted by Gasteiger charge is -2.09. The number of benzene rings is 1. The molecule has 7 heteroatoms. The van der Waals surface area contributed by atoms with Crippen LogP contribution in [0.5, 0.6) is 0 Å². The van der Waals surface area contributed by atoms with Crippen LogP contribution in [0, 0.1) is 13.8 Å². The molecule has 0 radical (unpaired) electrons. The molecule has 2 aromatic rings. The molecule has 1 aromatic heterocycles. The number of rotatable bonds is 3. The van der Waals surface area contributed by atoms with Gasteiger partial charge in [0.2, 0.25) is 0 Å². The highest BCUT2D eigenvalue weighted by molar-refractivity contribution is 5.94. The van der Waals surface area contributed by atoms with Crippen LogP contribution in [0.1, 0.15) is 32.9 Å². The fraction of sp³-hybridized carbons (Fsp3) is 0.286. The smallest absolute Gasteiger partial charge is 0.361 e. The first-order valence-corrected chi connectivity index (χ1v) is 6.16. The Bertz CT molecular complexity index is 643. The molecular formula is C14H13F3N2O2. The highest BCUT2D eigenvalue weighted by atomic mass is 19.4. The van der Waals surface area contributed by atoms with Gasteiger partial charge < -0.3 is 9.84 Å². The highest BCUT2D eigenvalue weighted by Crippen LogP contribution is 2.29. The molecule has 0 saturated carbocycles. The lowest BCUT2D eigenvalue weighted by molar-refractivity contribution is -0.137. The van der Waals surface area contributed by atoms with E-state index in [1.807, 2.05) is 0 Å². The maximum atomic E-state index is 12.6. The maximum Gasteiger partial charge on any atom is 0.416 e. The maximum absolute atomic E-state index is 12.6. The standard InChI is InChI=1S/C14H13F3N2O2/c1-8-12(9(2)21-19-8)7-18-13(20)10-4-3-5-11(6-10)14(15,16)17/h3-6H,7H2,1-2H3,(H,18,20). The Kier molecular flexibility index (Phi) is 4.02. The fourth-order valence-corrected chi connectivity index (χ4v) is 1.86. The third-order valence-corrected chi connectivity index (χ3v) is 3.06. The Morgan fingerprint density at radius 1 is 1.33 bits per heavy atom. The Morgan fingerprint density at radius 3 is 2.62 bits per heavy atom. The van der Waals surface area contributed by atoms with Gasteiger partial charge in [0.1, 0.15) is 5.76 Å². The molecular weight excluding hydrogens is 285 g/mol. The summed E-state index contributed by atoms with van der Waals surface area (Å²) in [4.78, 5) is 11.9. The average molecular weight is 298 g/mol. The number of hydrogen-bond acceptors (Lipinski definition) is 3. The Labute approximate surface area is 118 Å². The van der Waals surface area contributed by atoms with Gasteiger partial charge in [-0.15, -0.1) is 0 Å². The largest absolute Gasteiger partial charge is 0.416 e. The molecule has 4 nitrogen and oxygen atoms in total. The molecule has 0 aliphatic heterocycles. The molecule has 21 heavy (non-hydrogen) atoms. The molecule has 1 heterocycles. The second kappa shape index (κ2) is 5.59. The minimum Gasteiger partial charge on any atom is -0.361 e. The average Bonchev–Trinajstić information content (AvgIpc) is 2.75. The zero-order chi connectivity index (χ0) is 15.6. The summed E-state index contributed by atoms with van der Waals surface area (Å²) >= 11 is 0. The molecule has 0 aliphatic rings. The molecule has 1 amide bonds. The lowest BCUT2D eigenvalue weighted by Crippen LogP contribution is -2.23. The van der Waals surface area contributed by atoms with Crippen LogP contribution in [0.2, 0.25) is 0 Å². The number of halogens is 3. The van der Waals surface area contributed by atoms with Gasteiger partial charge in [-0.25, -0.2) is 0 Å². The number of amides is 1. The zero-order valence-corrected chi connectivity index (χ0v) is 11.4. The van der Waals surface area contributed by atoms with Gasteiger partial charge in [0.15, 0.2) is 0 Å². The number of alkyl halides is 3. The highest BCUT2D eigenvalue weighted by Gasteiger charge is 2.30. The molecule has 0 unspecified atom stereocenters. The summed E-state index contributed by atoms with van der Waals surface area (Å²) < 4.78 is 42.7. The van der Waals surface area contributed by atoms with E-state index in [2.05, 4.69) is 10.5 Å². The number of nitrogens with one attached hydrogen (secondary N) is 1. The van der Waals surface area contributed by atoms with Crippen molar-refractivity contribution in [3.63, 3.8) is 0 Å². The van der Waals surface area contributed by atoms with Crippen LogP contribution in [0.3, 0.4) is 0 Å². The van der Waals surface area contributed by atoms with Crippen molar-refractivity contribution in [1.29, 1.82) is 0 Å². The second-order valence-corrected chi connectivity index (χ2v) is 4.56. The zero-order valence-electron chi connectivity index (χ0n) is 11.4. The number of aryl methyl sites for hydroxylation is 2. The van der Waals surface area contributed by atoms with E-state index < -0.39 is 17.6 Å². The van der Waals surface area contributed by atoms with Gasteiger partial charge in [0.05, 0.1) is 11.3 Å². The van der Waals surface area contributed by atoms with Gasteiger partial charge in [-0.05, 0) is 32.0 Å². The van der Waals surface area contributed by atoms with Crippen LogP contribution < -0.4 is 5.32 Å². The summed E-state index contributed by atoms with van der Waals surface area (Å²) in [7, 11) is 0. The van der Waals surface area contributed by atoms with Gasteiger partial charge in [-0.1, -0.05) is 11.2 Å². The van der Waals surface area contributed by atoms with Crippen LogP contribution in [0.15, 0.2) is 28.8 Å². The summed E-state index contributed by atoms with van der Waals surface area (Å²) in [6, 6.07) is 4.28. The lowest BCUT2D eigenvalue weighted by atomic mass is 10.1. The van der Waals surface area contributed by atoms with E-state index in [9.17, 15) is 18.0 Å². The quantitative estimate of drug-likeness (QED) is 0.946. The van der Waals surface area contributed by atoms with Crippen molar-refractivity contribution in [3.8, 4) is 0 Å². The number of nitrogens with zero attached hydrogens (tertiary/aromatic N) is 1. The van der Waals surface area contributed by atoms with E-state index in [0.29, 0.717) is 11.5 Å². The minimum atomic E-state index is -4.47. The van der Waals surface area contributed by atoms with Crippen molar-refractivity contribution in [2.75, 3.05) is 0 Å². The second-order valence-electron chi connectivity index (χ2n) is 4.56. The Hall–Kier alpha value is -2.31. The topological polar surface area (TPSA) is 55.1 Å². The summed E-state index contributed by atoms with van der Waals surface area (Å²) in [5, 5.41) is 6.29. The third-order valence-electron chi connectivity index (χ3n) is 3.06. The summed E-state index contributed by atoms with van der Waals surface area (Å²) in [5.41, 5.74) is 0.455. The molecule has 0 saturated heterocycles. The van der Waals surface area contributed by atoms with Crippen molar-refractivity contribution in [1.82, 2.24) is 10.5 Å². The molecule has 0 atom stereocenters. The molecule has 0 spiro atoms. The van der Waals surface area contributed by atoms with Crippen molar-refractivity contribution >= 4 is 5.91 Å². The number of carbonyl (C=O) groups is 1. The number of aromatic nitrogens is 1. The molecule has 0 fully saturated rings. The van der Waals surface area contributed by atoms with E-state index in [4.69, 9.17) is 4.52 Å². The Morgan fingerprint density at radius 2 is 2.05 bits per heavy atom. The monoisotopic (exact) mass is 298 g/mol. The van der Waals surface area contributed by atoms with Gasteiger partial charge in [-0.3, -0.25) is 4.79 Å². The van der Waals surface area contributed by atoms with E-state index >= 15 is 0 Å². The summed E-state index contributed by atoms with van der Waals surface area (Å²) in [6.45, 7) is 3.57. The van der Waals surface area contributed by atoms with Crippen LogP contribution in [-0.4, -0.2) is 11.1 Å². The number of carbonyl (C=O) groups excluding carboxylic acids is 1. The summed E-state index contributed by atoms with van der Waals surface area (Å²) in [5.74, 6) is -0.0158. The van der Waals surface area contributed by atoms with Gasteiger partial charge in [-0.2, -0.15) is 13.2 Å². The molecule has 112 valence electrons. The van der Waals surface area contributed by atoms with Gasteiger partial charge in [0, 0.05) is 17.7 Å². The van der Waals surface area contributed by atoms with E-state index in [1.54, 1.807) is 13.8 Å². The van der Waals surface area contributed by atoms with E-state index in [1.165, 1.54) is 12.1 Å². The molecule has 0 aliphatic carbocycles. The normalized spacial score (nSPS) is 11.5. The first kappa shape index (κ1) is 15.1. The molecule has 0 bridgehead atoms. The molecule has 1 N–H and O–H groups in total. The molecule has 2 rings (SSSR count). The third kappa shape index (κ3) is 3.42. The summed E-state index contributed by atoms with van der Waals surface area (Å²) in [6.07, 6.45) is -4.47. The van der Waals surface area contributed by atoms with Gasteiger partial charge in [0.25, 0.3) is 5.91 Å². The minimum absolute atomic E-state index is 0.0448. The van der Waals surface area contributed by atoms with Crippen LogP contribution in [0.25, 0.3) is 0 Å². The van der Waals surface area contributed by atoms with Crippen LogP contribution >= 0.6 is 0 Å². The van der Waals surface area contributed by atoms with Crippen LogP contribution in [0.4, 0.5) is 13.2 Å². The van der Waals surface area contributed by atoms with E-state index in [-0.39, 0.29) is 12.1 Å². The SMILES string of the molecule is Cc1noc(C)c1CNC(=O)c1cccc(C(F)(F)F)c1. The molecule has 1 aromatic carbocycles. The van der Waals surface area contributed by atoms with Crippen molar-refractivity contribution in [3.05, 3.63) is 52.4 Å². The predicted octanol–water partition coefficient (Wildman–Crippen LogP) is 3.24. The van der Waals surface area contributed by atoms with Crippen LogP contribution in [-0.2, 0) is 12.7 Å². The first-order valence-electron chi connectivity index (χ1n) is 6.16. The van der Waals surface area contributed by atoms with Crippen molar-refractivity contribution < 1.29 is 22.5 Å². The van der Waals surface area contributed by atoms with Crippen molar-refractivity contribution in [2.45, 2.75) is 26.6 Å². The predicted molar refractivity (Wildman–Crippen MR) is 68.6 cm³/mol. The fourth-order valence-electron chi connectivity index (χ4n) is 1.86. The first-order chi connectivity index (χ1) is 9.79. The van der Waals surface area contributed by atoms with E-state index in [0.717, 1.165) is 17.7 Å².